The van der Waals surface area contributed by atoms with Crippen molar-refractivity contribution < 1.29 is 29.3 Å². The SMILES string of the molecule is COc1ccc(N2C(=O)NC(=O)C(=Cc3ccc(O)cc3O)C2=O)cc1. The third kappa shape index (κ3) is 3.07. The van der Waals surface area contributed by atoms with E-state index in [1.165, 1.54) is 31.4 Å². The monoisotopic (exact) mass is 354 g/mol. The predicted octanol–water partition coefficient (Wildman–Crippen LogP) is 1.77. The van der Waals surface area contributed by atoms with Gasteiger partial charge >= 0.3 is 6.03 Å². The summed E-state index contributed by atoms with van der Waals surface area (Å²) in [5.74, 6) is -1.65. The number of nitrogens with one attached hydrogen (secondary N) is 1. The number of rotatable bonds is 3. The molecule has 1 aliphatic heterocycles. The topological polar surface area (TPSA) is 116 Å². The van der Waals surface area contributed by atoms with Gasteiger partial charge in [0.15, 0.2) is 0 Å². The van der Waals surface area contributed by atoms with E-state index in [4.69, 9.17) is 4.74 Å². The largest absolute Gasteiger partial charge is 0.508 e. The molecule has 0 bridgehead atoms. The van der Waals surface area contributed by atoms with Gasteiger partial charge in [-0.1, -0.05) is 0 Å². The zero-order valence-electron chi connectivity index (χ0n) is 13.6. The Morgan fingerprint density at radius 2 is 1.73 bits per heavy atom. The van der Waals surface area contributed by atoms with E-state index in [0.717, 1.165) is 17.0 Å². The number of phenolic OH excluding ortho intramolecular Hbond substituents is 2. The Balaban J connectivity index is 2.00. The van der Waals surface area contributed by atoms with Crippen LogP contribution in [0, 0.1) is 0 Å². The summed E-state index contributed by atoms with van der Waals surface area (Å²) in [5, 5.41) is 21.3. The number of hydrogen-bond donors (Lipinski definition) is 3. The van der Waals surface area contributed by atoms with Crippen molar-refractivity contribution in [2.24, 2.45) is 0 Å². The normalized spacial score (nSPS) is 16.0. The molecule has 0 saturated carbocycles. The summed E-state index contributed by atoms with van der Waals surface area (Å²) in [6.07, 6.45) is 1.15. The minimum Gasteiger partial charge on any atom is -0.508 e. The van der Waals surface area contributed by atoms with E-state index in [0.29, 0.717) is 5.75 Å². The summed E-state index contributed by atoms with van der Waals surface area (Å²) < 4.78 is 5.03. The van der Waals surface area contributed by atoms with Crippen LogP contribution in [0.1, 0.15) is 5.56 Å². The first-order valence-corrected chi connectivity index (χ1v) is 7.48. The average molecular weight is 354 g/mol. The lowest BCUT2D eigenvalue weighted by Gasteiger charge is -2.26. The molecule has 0 aliphatic carbocycles. The standard InChI is InChI=1S/C18H14N2O6/c1-26-13-6-3-11(4-7-13)20-17(24)14(16(23)19-18(20)25)8-10-2-5-12(21)9-15(10)22/h2-9,21-22H,1H3,(H,19,23,25). The number of ether oxygens (including phenoxy) is 1. The van der Waals surface area contributed by atoms with Crippen LogP contribution in [0.2, 0.25) is 0 Å². The van der Waals surface area contributed by atoms with Crippen LogP contribution in [0.15, 0.2) is 48.0 Å². The van der Waals surface area contributed by atoms with Crippen molar-refractivity contribution >= 4 is 29.6 Å². The molecule has 132 valence electrons. The molecule has 2 aromatic rings. The highest BCUT2D eigenvalue weighted by atomic mass is 16.5. The minimum atomic E-state index is -0.878. The van der Waals surface area contributed by atoms with E-state index >= 15 is 0 Å². The molecule has 0 radical (unpaired) electrons. The third-order valence-electron chi connectivity index (χ3n) is 3.75. The first kappa shape index (κ1) is 17.0. The number of hydrogen-bond acceptors (Lipinski definition) is 6. The quantitative estimate of drug-likeness (QED) is 0.571. The molecule has 0 atom stereocenters. The summed E-state index contributed by atoms with van der Waals surface area (Å²) in [6, 6.07) is 8.98. The fourth-order valence-electron chi connectivity index (χ4n) is 2.43. The van der Waals surface area contributed by atoms with Crippen LogP contribution in [0.5, 0.6) is 17.2 Å². The molecule has 0 unspecified atom stereocenters. The van der Waals surface area contributed by atoms with Gasteiger partial charge in [0.05, 0.1) is 12.8 Å². The fraction of sp³-hybridized carbons (Fsp3) is 0.0556. The molecule has 3 rings (SSSR count). The van der Waals surface area contributed by atoms with E-state index < -0.39 is 17.8 Å². The number of nitrogens with zero attached hydrogens (tertiary/aromatic N) is 1. The first-order chi connectivity index (χ1) is 12.4. The molecule has 1 saturated heterocycles. The third-order valence-corrected chi connectivity index (χ3v) is 3.75. The lowest BCUT2D eigenvalue weighted by Crippen LogP contribution is -2.54. The Morgan fingerprint density at radius 1 is 1.04 bits per heavy atom. The van der Waals surface area contributed by atoms with Gasteiger partial charge in [-0.25, -0.2) is 9.69 Å². The van der Waals surface area contributed by atoms with Gasteiger partial charge < -0.3 is 14.9 Å². The Kier molecular flexibility index (Phi) is 4.32. The number of imide groups is 2. The van der Waals surface area contributed by atoms with Crippen molar-refractivity contribution in [3.63, 3.8) is 0 Å². The molecule has 4 amide bonds. The molecule has 0 aromatic heterocycles. The van der Waals surface area contributed by atoms with Gasteiger partial charge in [0.2, 0.25) is 0 Å². The Hall–Kier alpha value is -3.81. The van der Waals surface area contributed by atoms with Gasteiger partial charge in [-0.3, -0.25) is 14.9 Å². The van der Waals surface area contributed by atoms with Crippen LogP contribution < -0.4 is 15.0 Å². The zero-order chi connectivity index (χ0) is 18.8. The summed E-state index contributed by atoms with van der Waals surface area (Å²) in [5.41, 5.74) is 0.0633. The number of carbonyl (C=O) groups is 3. The van der Waals surface area contributed by atoms with Gasteiger partial charge in [-0.2, -0.15) is 0 Å². The highest BCUT2D eigenvalue weighted by molar-refractivity contribution is 6.39. The summed E-state index contributed by atoms with van der Waals surface area (Å²) >= 11 is 0. The number of phenols is 2. The van der Waals surface area contributed by atoms with Gasteiger partial charge in [-0.15, -0.1) is 0 Å². The van der Waals surface area contributed by atoms with Crippen LogP contribution >= 0.6 is 0 Å². The number of anilines is 1. The molecule has 1 heterocycles. The number of urea groups is 1. The number of amides is 4. The molecule has 8 nitrogen and oxygen atoms in total. The van der Waals surface area contributed by atoms with Crippen molar-refractivity contribution in [1.29, 1.82) is 0 Å². The Bertz CT molecular complexity index is 933. The van der Waals surface area contributed by atoms with E-state index in [-0.39, 0.29) is 28.3 Å². The molecule has 1 aliphatic rings. The summed E-state index contributed by atoms with van der Waals surface area (Å²) in [6.45, 7) is 0. The number of barbiturate groups is 1. The molecular formula is C18H14N2O6. The number of benzene rings is 2. The van der Waals surface area contributed by atoms with E-state index in [1.807, 2.05) is 0 Å². The van der Waals surface area contributed by atoms with Crippen LogP contribution in [-0.2, 0) is 9.59 Å². The van der Waals surface area contributed by atoms with Crippen LogP contribution in [0.4, 0.5) is 10.5 Å². The molecule has 0 spiro atoms. The van der Waals surface area contributed by atoms with E-state index in [1.54, 1.807) is 12.1 Å². The first-order valence-electron chi connectivity index (χ1n) is 7.48. The number of carbonyl (C=O) groups excluding carboxylic acids is 3. The average Bonchev–Trinajstić information content (AvgIpc) is 2.60. The molecule has 8 heteroatoms. The van der Waals surface area contributed by atoms with Crippen molar-refractivity contribution in [1.82, 2.24) is 5.32 Å². The molecule has 1 fully saturated rings. The summed E-state index contributed by atoms with van der Waals surface area (Å²) in [7, 11) is 1.48. The lowest BCUT2D eigenvalue weighted by molar-refractivity contribution is -0.122. The number of methoxy groups -OCH3 is 1. The predicted molar refractivity (Wildman–Crippen MR) is 91.8 cm³/mol. The minimum absolute atomic E-state index is 0.144. The maximum atomic E-state index is 12.7. The highest BCUT2D eigenvalue weighted by Gasteiger charge is 2.36. The van der Waals surface area contributed by atoms with E-state index in [2.05, 4.69) is 5.32 Å². The molecule has 26 heavy (non-hydrogen) atoms. The second-order valence-corrected chi connectivity index (χ2v) is 5.40. The van der Waals surface area contributed by atoms with Gasteiger partial charge in [-0.05, 0) is 42.5 Å². The van der Waals surface area contributed by atoms with Crippen molar-refractivity contribution in [3.05, 3.63) is 53.6 Å². The maximum absolute atomic E-state index is 12.7. The van der Waals surface area contributed by atoms with Gasteiger partial charge in [0, 0.05) is 11.6 Å². The summed E-state index contributed by atoms with van der Waals surface area (Å²) in [4.78, 5) is 37.7. The second-order valence-electron chi connectivity index (χ2n) is 5.40. The highest BCUT2D eigenvalue weighted by Crippen LogP contribution is 2.27. The van der Waals surface area contributed by atoms with Gasteiger partial charge in [0.1, 0.15) is 22.8 Å². The molecule has 2 aromatic carbocycles. The Morgan fingerprint density at radius 3 is 2.35 bits per heavy atom. The smallest absolute Gasteiger partial charge is 0.335 e. The second kappa shape index (κ2) is 6.60. The Labute approximate surface area is 147 Å². The van der Waals surface area contributed by atoms with Crippen LogP contribution in [-0.4, -0.2) is 35.2 Å². The van der Waals surface area contributed by atoms with E-state index in [9.17, 15) is 24.6 Å². The fourth-order valence-corrected chi connectivity index (χ4v) is 2.43. The molecular weight excluding hydrogens is 340 g/mol. The van der Waals surface area contributed by atoms with Gasteiger partial charge in [0.25, 0.3) is 11.8 Å². The van der Waals surface area contributed by atoms with Crippen LogP contribution in [0.3, 0.4) is 0 Å². The maximum Gasteiger partial charge on any atom is 0.335 e. The lowest BCUT2D eigenvalue weighted by atomic mass is 10.1. The van der Waals surface area contributed by atoms with Crippen molar-refractivity contribution in [2.45, 2.75) is 0 Å². The zero-order valence-corrected chi connectivity index (χ0v) is 13.6. The van der Waals surface area contributed by atoms with Crippen molar-refractivity contribution in [2.75, 3.05) is 12.0 Å². The van der Waals surface area contributed by atoms with Crippen molar-refractivity contribution in [3.8, 4) is 17.2 Å². The number of aromatic hydroxyl groups is 2. The van der Waals surface area contributed by atoms with Crippen LogP contribution in [0.25, 0.3) is 6.08 Å². The molecule has 3 N–H and O–H groups in total.